The molecule has 110 valence electrons. The molecule has 6 heteroatoms. The Morgan fingerprint density at radius 3 is 2.60 bits per heavy atom. The van der Waals surface area contributed by atoms with E-state index in [0.29, 0.717) is 12.2 Å². The maximum absolute atomic E-state index is 11.1. The molecule has 0 aromatic heterocycles. The Labute approximate surface area is 119 Å². The van der Waals surface area contributed by atoms with E-state index < -0.39 is 0 Å². The van der Waals surface area contributed by atoms with Crippen LogP contribution >= 0.6 is 0 Å². The zero-order valence-electron chi connectivity index (χ0n) is 12.1. The first-order valence-electron chi connectivity index (χ1n) is 7.03. The van der Waals surface area contributed by atoms with Crippen molar-refractivity contribution in [2.75, 3.05) is 45.1 Å². The van der Waals surface area contributed by atoms with Gasteiger partial charge in [-0.25, -0.2) is 0 Å². The van der Waals surface area contributed by atoms with Gasteiger partial charge in [0.25, 0.3) is 5.69 Å². The van der Waals surface area contributed by atoms with E-state index >= 15 is 0 Å². The molecule has 2 rings (SSSR count). The van der Waals surface area contributed by atoms with Crippen LogP contribution in [0.25, 0.3) is 0 Å². The number of hydrogen-bond acceptors (Lipinski definition) is 5. The van der Waals surface area contributed by atoms with Crippen LogP contribution in [-0.4, -0.2) is 54.5 Å². The molecule has 1 saturated heterocycles. The molecule has 6 nitrogen and oxygen atoms in total. The topological polar surface area (TPSA) is 61.6 Å². The minimum atomic E-state index is -0.314. The predicted molar refractivity (Wildman–Crippen MR) is 80.0 cm³/mol. The van der Waals surface area contributed by atoms with Gasteiger partial charge in [0.05, 0.1) is 4.92 Å². The van der Waals surface area contributed by atoms with Crippen molar-refractivity contribution >= 4 is 11.4 Å². The molecule has 1 heterocycles. The lowest BCUT2D eigenvalue weighted by Crippen LogP contribution is -2.43. The lowest BCUT2D eigenvalue weighted by molar-refractivity contribution is -0.384. The number of piperazine rings is 1. The van der Waals surface area contributed by atoms with Gasteiger partial charge in [0.15, 0.2) is 0 Å². The summed E-state index contributed by atoms with van der Waals surface area (Å²) in [4.78, 5) is 15.5. The van der Waals surface area contributed by atoms with Crippen molar-refractivity contribution in [1.29, 1.82) is 0 Å². The van der Waals surface area contributed by atoms with E-state index in [2.05, 4.69) is 22.2 Å². The Morgan fingerprint density at radius 1 is 1.30 bits per heavy atom. The van der Waals surface area contributed by atoms with E-state index in [-0.39, 0.29) is 10.6 Å². The molecule has 0 bridgehead atoms. The summed E-state index contributed by atoms with van der Waals surface area (Å²) in [6.07, 6.45) is 0. The second kappa shape index (κ2) is 6.67. The molecule has 0 spiro atoms. The van der Waals surface area contributed by atoms with Crippen LogP contribution in [0.3, 0.4) is 0 Å². The Hall–Kier alpha value is -1.66. The number of rotatable bonds is 5. The Balaban J connectivity index is 2.17. The van der Waals surface area contributed by atoms with Gasteiger partial charge in [-0.3, -0.25) is 15.0 Å². The zero-order chi connectivity index (χ0) is 14.5. The first-order chi connectivity index (χ1) is 9.61. The smallest absolute Gasteiger partial charge is 0.292 e. The number of anilines is 1. The quantitative estimate of drug-likeness (QED) is 0.657. The van der Waals surface area contributed by atoms with E-state index in [0.717, 1.165) is 38.3 Å². The number of nitrogens with zero attached hydrogens (tertiary/aromatic N) is 3. The second-order valence-corrected chi connectivity index (χ2v) is 5.18. The molecule has 1 aliphatic rings. The first-order valence-corrected chi connectivity index (χ1v) is 7.03. The minimum absolute atomic E-state index is 0.165. The SMILES string of the molecule is CCNc1c(CN2CCN(C)CC2)cccc1[N+](=O)[O-]. The molecule has 0 atom stereocenters. The fraction of sp³-hybridized carbons (Fsp3) is 0.571. The van der Waals surface area contributed by atoms with E-state index in [9.17, 15) is 10.1 Å². The van der Waals surface area contributed by atoms with E-state index in [1.807, 2.05) is 13.0 Å². The van der Waals surface area contributed by atoms with Crippen molar-refractivity contribution in [2.45, 2.75) is 13.5 Å². The van der Waals surface area contributed by atoms with Gasteiger partial charge in [-0.2, -0.15) is 0 Å². The fourth-order valence-corrected chi connectivity index (χ4v) is 2.50. The average molecular weight is 278 g/mol. The summed E-state index contributed by atoms with van der Waals surface area (Å²) in [5, 5.41) is 14.3. The summed E-state index contributed by atoms with van der Waals surface area (Å²) in [7, 11) is 2.12. The highest BCUT2D eigenvalue weighted by molar-refractivity contribution is 5.66. The van der Waals surface area contributed by atoms with Crippen LogP contribution in [0.15, 0.2) is 18.2 Å². The van der Waals surface area contributed by atoms with E-state index in [4.69, 9.17) is 0 Å². The third kappa shape index (κ3) is 3.46. The van der Waals surface area contributed by atoms with Crippen molar-refractivity contribution in [1.82, 2.24) is 9.80 Å². The van der Waals surface area contributed by atoms with Gasteiger partial charge in [-0.15, -0.1) is 0 Å². The molecule has 0 amide bonds. The highest BCUT2D eigenvalue weighted by Crippen LogP contribution is 2.29. The summed E-state index contributed by atoms with van der Waals surface area (Å²) >= 11 is 0. The van der Waals surface area contributed by atoms with Crippen LogP contribution in [0.5, 0.6) is 0 Å². The lowest BCUT2D eigenvalue weighted by atomic mass is 10.1. The number of para-hydroxylation sites is 1. The molecule has 1 fully saturated rings. The number of nitro benzene ring substituents is 1. The third-order valence-corrected chi connectivity index (χ3v) is 3.67. The van der Waals surface area contributed by atoms with Gasteiger partial charge in [-0.1, -0.05) is 12.1 Å². The number of likely N-dealkylation sites (N-methyl/N-ethyl adjacent to an activating group) is 1. The third-order valence-electron chi connectivity index (χ3n) is 3.67. The molecule has 1 N–H and O–H groups in total. The zero-order valence-corrected chi connectivity index (χ0v) is 12.1. The van der Waals surface area contributed by atoms with Gasteiger partial charge < -0.3 is 10.2 Å². The number of hydrogen-bond donors (Lipinski definition) is 1. The Kier molecular flexibility index (Phi) is 4.92. The van der Waals surface area contributed by atoms with Crippen LogP contribution in [0.1, 0.15) is 12.5 Å². The second-order valence-electron chi connectivity index (χ2n) is 5.18. The summed E-state index contributed by atoms with van der Waals surface area (Å²) in [6, 6.07) is 5.30. The normalized spacial score (nSPS) is 17.1. The summed E-state index contributed by atoms with van der Waals surface area (Å²) in [5.41, 5.74) is 1.84. The fourth-order valence-electron chi connectivity index (χ4n) is 2.50. The Morgan fingerprint density at radius 2 is 2.00 bits per heavy atom. The van der Waals surface area contributed by atoms with Crippen LogP contribution in [0.4, 0.5) is 11.4 Å². The maximum Gasteiger partial charge on any atom is 0.292 e. The van der Waals surface area contributed by atoms with Crippen molar-refractivity contribution in [2.24, 2.45) is 0 Å². The van der Waals surface area contributed by atoms with E-state index in [1.54, 1.807) is 12.1 Å². The van der Waals surface area contributed by atoms with Crippen molar-refractivity contribution in [3.63, 3.8) is 0 Å². The number of nitro groups is 1. The molecular weight excluding hydrogens is 256 g/mol. The monoisotopic (exact) mass is 278 g/mol. The standard InChI is InChI=1S/C14H22N4O2/c1-3-15-14-12(5-4-6-13(14)18(19)20)11-17-9-7-16(2)8-10-17/h4-6,15H,3,7-11H2,1-2H3. The first kappa shape index (κ1) is 14.7. The van der Waals surface area contributed by atoms with Gasteiger partial charge >= 0.3 is 0 Å². The summed E-state index contributed by atoms with van der Waals surface area (Å²) < 4.78 is 0. The molecule has 1 aliphatic heterocycles. The molecule has 0 unspecified atom stereocenters. The Bertz CT molecular complexity index is 470. The minimum Gasteiger partial charge on any atom is -0.380 e. The molecule has 1 aromatic carbocycles. The number of nitrogens with one attached hydrogen (secondary N) is 1. The summed E-state index contributed by atoms with van der Waals surface area (Å²) in [5.74, 6) is 0. The molecule has 20 heavy (non-hydrogen) atoms. The lowest BCUT2D eigenvalue weighted by Gasteiger charge is -2.32. The van der Waals surface area contributed by atoms with Crippen LogP contribution in [-0.2, 0) is 6.54 Å². The van der Waals surface area contributed by atoms with Gasteiger partial charge in [-0.05, 0) is 19.5 Å². The summed E-state index contributed by atoms with van der Waals surface area (Å²) in [6.45, 7) is 7.50. The highest BCUT2D eigenvalue weighted by Gasteiger charge is 2.20. The molecule has 0 saturated carbocycles. The maximum atomic E-state index is 11.1. The van der Waals surface area contributed by atoms with Gasteiger partial charge in [0.2, 0.25) is 0 Å². The van der Waals surface area contributed by atoms with Gasteiger partial charge in [0.1, 0.15) is 5.69 Å². The molecule has 0 aliphatic carbocycles. The predicted octanol–water partition coefficient (Wildman–Crippen LogP) is 1.77. The number of benzene rings is 1. The average Bonchev–Trinajstić information content (AvgIpc) is 2.43. The van der Waals surface area contributed by atoms with Crippen LogP contribution in [0, 0.1) is 10.1 Å². The molecular formula is C14H22N4O2. The largest absolute Gasteiger partial charge is 0.380 e. The molecule has 0 radical (unpaired) electrons. The van der Waals surface area contributed by atoms with Crippen molar-refractivity contribution in [3.8, 4) is 0 Å². The highest BCUT2D eigenvalue weighted by atomic mass is 16.6. The molecule has 1 aromatic rings. The van der Waals surface area contributed by atoms with Gasteiger partial charge in [0, 0.05) is 45.3 Å². The van der Waals surface area contributed by atoms with Crippen molar-refractivity contribution < 1.29 is 4.92 Å². The van der Waals surface area contributed by atoms with Crippen LogP contribution < -0.4 is 5.32 Å². The van der Waals surface area contributed by atoms with Crippen LogP contribution in [0.2, 0.25) is 0 Å². The van der Waals surface area contributed by atoms with Crippen molar-refractivity contribution in [3.05, 3.63) is 33.9 Å². The van der Waals surface area contributed by atoms with E-state index in [1.165, 1.54) is 0 Å².